The number of sulfonamides is 1. The first-order valence-corrected chi connectivity index (χ1v) is 12.0. The van der Waals surface area contributed by atoms with Crippen LogP contribution in [0.3, 0.4) is 0 Å². The fourth-order valence-electron chi connectivity index (χ4n) is 4.20. The first-order chi connectivity index (χ1) is 14.8. The third-order valence-corrected chi connectivity index (χ3v) is 8.09. The Morgan fingerprint density at radius 1 is 1.13 bits per heavy atom. The minimum absolute atomic E-state index is 0.0347. The zero-order chi connectivity index (χ0) is 22.2. The minimum atomic E-state index is -4.04. The highest BCUT2D eigenvalue weighted by molar-refractivity contribution is 7.89. The van der Waals surface area contributed by atoms with E-state index in [1.54, 1.807) is 12.1 Å². The summed E-state index contributed by atoms with van der Waals surface area (Å²) in [4.78, 5) is 12.1. The quantitative estimate of drug-likeness (QED) is 0.507. The van der Waals surface area contributed by atoms with Crippen molar-refractivity contribution in [2.24, 2.45) is 0 Å². The average molecular weight is 465 g/mol. The summed E-state index contributed by atoms with van der Waals surface area (Å²) in [6, 6.07) is 9.70. The van der Waals surface area contributed by atoms with E-state index in [-0.39, 0.29) is 27.7 Å². The van der Waals surface area contributed by atoms with Gasteiger partial charge in [-0.1, -0.05) is 36.7 Å². The topological polar surface area (TPSA) is 111 Å². The van der Waals surface area contributed by atoms with Crippen molar-refractivity contribution in [3.05, 3.63) is 47.0 Å². The van der Waals surface area contributed by atoms with Crippen LogP contribution in [0, 0.1) is 0 Å². The molecule has 2 fully saturated rings. The summed E-state index contributed by atoms with van der Waals surface area (Å²) in [6.07, 6.45) is 2.56. The van der Waals surface area contributed by atoms with Crippen molar-refractivity contribution in [3.63, 3.8) is 0 Å². The Morgan fingerprint density at radius 2 is 1.77 bits per heavy atom. The number of fused-ring (bicyclic) bond motifs is 2. The zero-order valence-electron chi connectivity index (χ0n) is 17.1. The van der Waals surface area contributed by atoms with E-state index in [9.17, 15) is 18.3 Å². The molecular weight excluding hydrogens is 440 g/mol. The predicted octanol–water partition coefficient (Wildman–Crippen LogP) is 3.38. The SMILES string of the molecule is CCc1ccccc1NC(=O)Nc1ccc(Cl)c(S(=O)(=O)N2C[C@H]3CC[C@@H](C2)N3)c1O. The number of carbonyl (C=O) groups excluding carboxylic acids is 1. The molecule has 0 radical (unpaired) electrons. The number of halogens is 1. The Morgan fingerprint density at radius 3 is 2.45 bits per heavy atom. The Kier molecular flexibility index (Phi) is 6.11. The monoisotopic (exact) mass is 464 g/mol. The summed E-state index contributed by atoms with van der Waals surface area (Å²) in [5, 5.41) is 19.3. The van der Waals surface area contributed by atoms with Gasteiger partial charge in [-0.15, -0.1) is 0 Å². The summed E-state index contributed by atoms with van der Waals surface area (Å²) < 4.78 is 27.9. The van der Waals surface area contributed by atoms with Gasteiger partial charge in [-0.05, 0) is 43.0 Å². The van der Waals surface area contributed by atoms with Gasteiger partial charge >= 0.3 is 6.03 Å². The largest absolute Gasteiger partial charge is 0.504 e. The highest BCUT2D eigenvalue weighted by atomic mass is 35.5. The van der Waals surface area contributed by atoms with Crippen LogP contribution in [0.25, 0.3) is 0 Å². The fourth-order valence-corrected chi connectivity index (χ4v) is 6.33. The van der Waals surface area contributed by atoms with E-state index >= 15 is 0 Å². The second-order valence-electron chi connectivity index (χ2n) is 7.82. The van der Waals surface area contributed by atoms with Crippen molar-refractivity contribution in [2.75, 3.05) is 23.7 Å². The molecule has 4 N–H and O–H groups in total. The number of phenols is 1. The Balaban J connectivity index is 1.58. The van der Waals surface area contributed by atoms with Gasteiger partial charge in [0.25, 0.3) is 0 Å². The number of aromatic hydroxyl groups is 1. The van der Waals surface area contributed by atoms with Gasteiger partial charge in [0.15, 0.2) is 5.75 Å². The maximum atomic E-state index is 13.3. The highest BCUT2D eigenvalue weighted by Gasteiger charge is 2.40. The number of amides is 2. The lowest BCUT2D eigenvalue weighted by atomic mass is 10.1. The van der Waals surface area contributed by atoms with Crippen LogP contribution in [0.4, 0.5) is 16.2 Å². The van der Waals surface area contributed by atoms with Gasteiger partial charge in [0.1, 0.15) is 4.90 Å². The third-order valence-electron chi connectivity index (χ3n) is 5.76. The molecule has 4 rings (SSSR count). The molecule has 2 bridgehead atoms. The molecule has 2 aromatic carbocycles. The molecule has 2 heterocycles. The normalized spacial score (nSPS) is 21.1. The molecule has 0 spiro atoms. The number of nitrogens with one attached hydrogen (secondary N) is 3. The van der Waals surface area contributed by atoms with Crippen LogP contribution in [0.2, 0.25) is 5.02 Å². The number of benzene rings is 2. The third kappa shape index (κ3) is 4.36. The molecule has 166 valence electrons. The number of aryl methyl sites for hydroxylation is 1. The molecule has 31 heavy (non-hydrogen) atoms. The molecule has 8 nitrogen and oxygen atoms in total. The number of phenolic OH excluding ortho intramolecular Hbond substituents is 1. The maximum absolute atomic E-state index is 13.3. The number of para-hydroxylation sites is 1. The lowest BCUT2D eigenvalue weighted by Gasteiger charge is -2.32. The Labute approximate surface area is 186 Å². The smallest absolute Gasteiger partial charge is 0.323 e. The molecule has 0 unspecified atom stereocenters. The van der Waals surface area contributed by atoms with Crippen molar-refractivity contribution in [2.45, 2.75) is 43.2 Å². The van der Waals surface area contributed by atoms with Gasteiger partial charge < -0.3 is 21.1 Å². The minimum Gasteiger partial charge on any atom is -0.504 e. The lowest BCUT2D eigenvalue weighted by molar-refractivity contribution is 0.262. The van der Waals surface area contributed by atoms with Crippen molar-refractivity contribution in [3.8, 4) is 5.75 Å². The summed E-state index contributed by atoms with van der Waals surface area (Å²) in [6.45, 7) is 2.62. The van der Waals surface area contributed by atoms with Gasteiger partial charge in [0, 0.05) is 30.9 Å². The van der Waals surface area contributed by atoms with Crippen LogP contribution in [-0.4, -0.2) is 49.0 Å². The van der Waals surface area contributed by atoms with E-state index in [4.69, 9.17) is 11.6 Å². The van der Waals surface area contributed by atoms with Gasteiger partial charge in [0.2, 0.25) is 10.0 Å². The molecule has 10 heteroatoms. The maximum Gasteiger partial charge on any atom is 0.323 e. The lowest BCUT2D eigenvalue weighted by Crippen LogP contribution is -2.52. The molecule has 2 amide bonds. The number of rotatable bonds is 5. The second-order valence-corrected chi connectivity index (χ2v) is 10.1. The van der Waals surface area contributed by atoms with Gasteiger partial charge in [-0.2, -0.15) is 4.31 Å². The molecular formula is C21H25ClN4O4S. The summed E-state index contributed by atoms with van der Waals surface area (Å²) in [5.41, 5.74) is 1.56. The number of piperazine rings is 1. The molecule has 2 aliphatic rings. The fraction of sp³-hybridized carbons (Fsp3) is 0.381. The van der Waals surface area contributed by atoms with E-state index < -0.39 is 21.8 Å². The summed E-state index contributed by atoms with van der Waals surface area (Å²) in [7, 11) is -4.04. The van der Waals surface area contributed by atoms with Crippen LogP contribution in [0.5, 0.6) is 5.75 Å². The average Bonchev–Trinajstić information content (AvgIpc) is 3.07. The van der Waals surface area contributed by atoms with Crippen molar-refractivity contribution in [1.29, 1.82) is 0 Å². The molecule has 0 aliphatic carbocycles. The first kappa shape index (κ1) is 21.9. The number of hydrogen-bond acceptors (Lipinski definition) is 5. The molecule has 2 saturated heterocycles. The van der Waals surface area contributed by atoms with Gasteiger partial charge in [-0.25, -0.2) is 13.2 Å². The molecule has 0 aromatic heterocycles. The number of hydrogen-bond donors (Lipinski definition) is 4. The van der Waals surface area contributed by atoms with E-state index in [2.05, 4.69) is 16.0 Å². The summed E-state index contributed by atoms with van der Waals surface area (Å²) >= 11 is 6.19. The van der Waals surface area contributed by atoms with Crippen LogP contribution < -0.4 is 16.0 Å². The van der Waals surface area contributed by atoms with E-state index in [1.165, 1.54) is 16.4 Å². The number of nitrogens with zero attached hydrogens (tertiary/aromatic N) is 1. The van der Waals surface area contributed by atoms with E-state index in [0.29, 0.717) is 18.8 Å². The van der Waals surface area contributed by atoms with Crippen molar-refractivity contribution in [1.82, 2.24) is 9.62 Å². The first-order valence-electron chi connectivity index (χ1n) is 10.2. The van der Waals surface area contributed by atoms with Crippen molar-refractivity contribution >= 4 is 39.0 Å². The van der Waals surface area contributed by atoms with Crippen LogP contribution in [0.15, 0.2) is 41.3 Å². The van der Waals surface area contributed by atoms with Gasteiger partial charge in [0.05, 0.1) is 10.7 Å². The molecule has 0 saturated carbocycles. The van der Waals surface area contributed by atoms with Crippen LogP contribution >= 0.6 is 11.6 Å². The van der Waals surface area contributed by atoms with Crippen LogP contribution in [0.1, 0.15) is 25.3 Å². The second kappa shape index (κ2) is 8.66. The van der Waals surface area contributed by atoms with Crippen LogP contribution in [-0.2, 0) is 16.4 Å². The Bertz CT molecular complexity index is 1100. The number of urea groups is 1. The van der Waals surface area contributed by atoms with Gasteiger partial charge in [-0.3, -0.25) is 0 Å². The van der Waals surface area contributed by atoms with E-state index in [1.807, 2.05) is 19.1 Å². The van der Waals surface area contributed by atoms with Crippen molar-refractivity contribution < 1.29 is 18.3 Å². The standard InChI is InChI=1S/C21H25ClN4O4S/c1-2-13-5-3-4-6-17(13)24-21(28)25-18-10-9-16(22)20(19(18)27)31(29,30)26-11-14-7-8-15(12-26)23-14/h3-6,9-10,14-15,23,27H,2,7-8,11-12H2,1H3,(H2,24,25,28)/t14-,15+. The number of carbonyl (C=O) groups is 1. The molecule has 2 atom stereocenters. The zero-order valence-corrected chi connectivity index (χ0v) is 18.6. The predicted molar refractivity (Wildman–Crippen MR) is 120 cm³/mol. The number of anilines is 2. The van der Waals surface area contributed by atoms with E-state index in [0.717, 1.165) is 24.8 Å². The molecule has 2 aromatic rings. The summed E-state index contributed by atoms with van der Waals surface area (Å²) in [5.74, 6) is -0.572. The molecule has 2 aliphatic heterocycles. The highest BCUT2D eigenvalue weighted by Crippen LogP contribution is 2.39. The Hall–Kier alpha value is -2.33.